The highest BCUT2D eigenvalue weighted by molar-refractivity contribution is 7.09. The zero-order valence-corrected chi connectivity index (χ0v) is 17.9. The lowest BCUT2D eigenvalue weighted by molar-refractivity contribution is 0.0951. The van der Waals surface area contributed by atoms with E-state index in [2.05, 4.69) is 22.4 Å². The highest BCUT2D eigenvalue weighted by Gasteiger charge is 2.35. The van der Waals surface area contributed by atoms with Crippen LogP contribution in [0.2, 0.25) is 0 Å². The number of aryl methyl sites for hydroxylation is 2. The minimum absolute atomic E-state index is 0.0516. The molecule has 0 spiro atoms. The number of carbonyl (C=O) groups excluding carboxylic acids is 1. The highest BCUT2D eigenvalue weighted by atomic mass is 32.1. The van der Waals surface area contributed by atoms with Crippen LogP contribution in [0.1, 0.15) is 37.5 Å². The van der Waals surface area contributed by atoms with Crippen LogP contribution < -0.4 is 9.47 Å². The molecule has 30 heavy (non-hydrogen) atoms. The zero-order chi connectivity index (χ0) is 20.7. The molecule has 5 heteroatoms. The Morgan fingerprint density at radius 2 is 2.00 bits per heavy atom. The van der Waals surface area contributed by atoms with Gasteiger partial charge in [0.15, 0.2) is 5.76 Å². The molecule has 5 rings (SSSR count). The third-order valence-corrected chi connectivity index (χ3v) is 6.65. The Labute approximate surface area is 180 Å². The molecule has 2 aliphatic heterocycles. The number of fused-ring (bicyclic) bond motifs is 3. The lowest BCUT2D eigenvalue weighted by Crippen LogP contribution is -2.33. The van der Waals surface area contributed by atoms with Gasteiger partial charge in [-0.05, 0) is 60.5 Å². The number of rotatable bonds is 4. The molecular formula is C25H23NO3S. The van der Waals surface area contributed by atoms with Gasteiger partial charge < -0.3 is 9.47 Å². The average molecular weight is 418 g/mol. The van der Waals surface area contributed by atoms with E-state index in [1.807, 2.05) is 50.3 Å². The Hall–Kier alpha value is -2.89. The summed E-state index contributed by atoms with van der Waals surface area (Å²) >= 11 is 1.78. The van der Waals surface area contributed by atoms with E-state index in [0.29, 0.717) is 30.3 Å². The largest absolute Gasteiger partial charge is 0.478 e. The fraction of sp³-hybridized carbons (Fsp3) is 0.240. The van der Waals surface area contributed by atoms with Crippen LogP contribution in [0, 0.1) is 13.8 Å². The van der Waals surface area contributed by atoms with Gasteiger partial charge >= 0.3 is 0 Å². The van der Waals surface area contributed by atoms with Gasteiger partial charge in [0.1, 0.15) is 18.2 Å². The minimum Gasteiger partial charge on any atom is -0.478 e. The average Bonchev–Trinajstić information content (AvgIpc) is 3.37. The molecule has 0 aliphatic carbocycles. The van der Waals surface area contributed by atoms with Gasteiger partial charge in [0.25, 0.3) is 0 Å². The van der Waals surface area contributed by atoms with E-state index < -0.39 is 0 Å². The van der Waals surface area contributed by atoms with Crippen molar-refractivity contribution < 1.29 is 14.3 Å². The second kappa shape index (κ2) is 7.74. The molecule has 152 valence electrons. The number of hydrogen-bond acceptors (Lipinski definition) is 5. The molecule has 0 atom stereocenters. The topological polar surface area (TPSA) is 38.8 Å². The van der Waals surface area contributed by atoms with E-state index >= 15 is 0 Å². The van der Waals surface area contributed by atoms with Gasteiger partial charge in [-0.2, -0.15) is 0 Å². The van der Waals surface area contributed by atoms with Gasteiger partial charge in [0, 0.05) is 18.0 Å². The first-order valence-corrected chi connectivity index (χ1v) is 11.0. The van der Waals surface area contributed by atoms with E-state index in [-0.39, 0.29) is 5.78 Å². The van der Waals surface area contributed by atoms with Crippen molar-refractivity contribution in [2.75, 3.05) is 13.3 Å². The first kappa shape index (κ1) is 19.1. The Morgan fingerprint density at radius 1 is 1.13 bits per heavy atom. The molecule has 0 bridgehead atoms. The normalized spacial score (nSPS) is 16.9. The van der Waals surface area contributed by atoms with Crippen LogP contribution in [-0.2, 0) is 13.0 Å². The summed E-state index contributed by atoms with van der Waals surface area (Å²) in [5, 5.41) is 2.11. The van der Waals surface area contributed by atoms with Gasteiger partial charge in [0.2, 0.25) is 5.78 Å². The molecule has 0 fully saturated rings. The second-order valence-electron chi connectivity index (χ2n) is 7.83. The quantitative estimate of drug-likeness (QED) is 0.535. The molecule has 0 amide bonds. The predicted molar refractivity (Wildman–Crippen MR) is 119 cm³/mol. The first-order valence-electron chi connectivity index (χ1n) is 10.1. The van der Waals surface area contributed by atoms with Crippen LogP contribution in [0.3, 0.4) is 0 Å². The maximum Gasteiger partial charge on any atom is 0.232 e. The number of ether oxygens (including phenoxy) is 2. The number of carbonyl (C=O) groups is 1. The molecule has 2 aliphatic rings. The van der Waals surface area contributed by atoms with E-state index in [1.54, 1.807) is 11.3 Å². The maximum absolute atomic E-state index is 13.1. The van der Waals surface area contributed by atoms with Gasteiger partial charge in [-0.15, -0.1) is 11.3 Å². The van der Waals surface area contributed by atoms with Crippen molar-refractivity contribution >= 4 is 23.2 Å². The highest BCUT2D eigenvalue weighted by Crippen LogP contribution is 2.44. The fourth-order valence-corrected chi connectivity index (χ4v) is 4.73. The summed E-state index contributed by atoms with van der Waals surface area (Å²) in [4.78, 5) is 16.8. The van der Waals surface area contributed by atoms with Crippen LogP contribution in [0.25, 0.3) is 6.08 Å². The van der Waals surface area contributed by atoms with Crippen molar-refractivity contribution in [3.05, 3.63) is 86.3 Å². The molecule has 2 aromatic carbocycles. The molecule has 1 aromatic heterocycles. The summed E-state index contributed by atoms with van der Waals surface area (Å²) in [7, 11) is 0. The molecule has 3 heterocycles. The zero-order valence-electron chi connectivity index (χ0n) is 17.1. The van der Waals surface area contributed by atoms with Gasteiger partial charge in [0.05, 0.1) is 11.1 Å². The Morgan fingerprint density at radius 3 is 2.80 bits per heavy atom. The van der Waals surface area contributed by atoms with Crippen molar-refractivity contribution in [1.29, 1.82) is 0 Å². The summed E-state index contributed by atoms with van der Waals surface area (Å²) in [5.74, 6) is 1.81. The summed E-state index contributed by atoms with van der Waals surface area (Å²) < 4.78 is 12.2. The molecule has 0 saturated carbocycles. The molecule has 0 radical (unpaired) electrons. The van der Waals surface area contributed by atoms with Crippen LogP contribution in [0.5, 0.6) is 11.5 Å². The lowest BCUT2D eigenvalue weighted by atomic mass is 9.98. The van der Waals surface area contributed by atoms with Gasteiger partial charge in [-0.25, -0.2) is 0 Å². The standard InChI is InChI=1S/C25H23NO3S/c1-16-6-3-4-7-18(16)13-22-24(27)23-17(2)12-21-20(25(23)29-22)14-26(15-28-21)10-9-19-8-5-11-30-19/h3-8,11-13H,9-10,14-15H2,1-2H3/b22-13-. The Kier molecular flexibility index (Phi) is 4.93. The number of ketones is 1. The monoisotopic (exact) mass is 417 g/mol. The molecular weight excluding hydrogens is 394 g/mol. The fourth-order valence-electron chi connectivity index (χ4n) is 4.03. The Bertz CT molecular complexity index is 1150. The van der Waals surface area contributed by atoms with E-state index in [4.69, 9.17) is 9.47 Å². The molecule has 3 aromatic rings. The molecule has 0 saturated heterocycles. The van der Waals surface area contributed by atoms with Crippen molar-refractivity contribution in [3.63, 3.8) is 0 Å². The van der Waals surface area contributed by atoms with E-state index in [1.165, 1.54) is 4.88 Å². The van der Waals surface area contributed by atoms with E-state index in [9.17, 15) is 4.79 Å². The van der Waals surface area contributed by atoms with Crippen molar-refractivity contribution in [2.45, 2.75) is 26.8 Å². The van der Waals surface area contributed by atoms with Crippen LogP contribution in [0.4, 0.5) is 0 Å². The predicted octanol–water partition coefficient (Wildman–Crippen LogP) is 5.38. The summed E-state index contributed by atoms with van der Waals surface area (Å²) in [6, 6.07) is 14.2. The molecule has 0 N–H and O–H groups in total. The van der Waals surface area contributed by atoms with Crippen LogP contribution >= 0.6 is 11.3 Å². The van der Waals surface area contributed by atoms with Gasteiger partial charge in [-0.3, -0.25) is 9.69 Å². The lowest BCUT2D eigenvalue weighted by Gasteiger charge is -2.30. The van der Waals surface area contributed by atoms with Crippen molar-refractivity contribution in [2.24, 2.45) is 0 Å². The summed E-state index contributed by atoms with van der Waals surface area (Å²) in [5.41, 5.74) is 4.63. The number of nitrogens with zero attached hydrogens (tertiary/aromatic N) is 1. The number of hydrogen-bond donors (Lipinski definition) is 0. The number of thiophene rings is 1. The third-order valence-electron chi connectivity index (χ3n) is 5.72. The SMILES string of the molecule is Cc1ccccc1/C=C1\Oc2c3c(cc(C)c2C1=O)OCN(CCc1cccs1)C3. The molecule has 4 nitrogen and oxygen atoms in total. The van der Waals surface area contributed by atoms with Gasteiger partial charge in [-0.1, -0.05) is 30.3 Å². The van der Waals surface area contributed by atoms with E-state index in [0.717, 1.165) is 41.0 Å². The minimum atomic E-state index is -0.0516. The van der Waals surface area contributed by atoms with Crippen molar-refractivity contribution in [1.82, 2.24) is 4.90 Å². The Balaban J connectivity index is 1.44. The van der Waals surface area contributed by atoms with Crippen molar-refractivity contribution in [3.8, 4) is 11.5 Å². The first-order chi connectivity index (χ1) is 14.6. The molecule has 0 unspecified atom stereocenters. The third kappa shape index (κ3) is 3.44. The number of benzene rings is 2. The summed E-state index contributed by atoms with van der Waals surface area (Å²) in [6.07, 6.45) is 2.84. The van der Waals surface area contributed by atoms with Crippen LogP contribution in [-0.4, -0.2) is 24.0 Å². The smallest absolute Gasteiger partial charge is 0.232 e. The number of allylic oxidation sites excluding steroid dienone is 1. The summed E-state index contributed by atoms with van der Waals surface area (Å²) in [6.45, 7) is 6.15. The maximum atomic E-state index is 13.1. The number of Topliss-reactive ketones (excluding diaryl/α,β-unsaturated/α-hetero) is 1. The second-order valence-corrected chi connectivity index (χ2v) is 8.86. The van der Waals surface area contributed by atoms with Crippen LogP contribution in [0.15, 0.2) is 53.6 Å².